The quantitative estimate of drug-likeness (QED) is 0.868. The van der Waals surface area contributed by atoms with Crippen molar-refractivity contribution in [3.63, 3.8) is 0 Å². The lowest BCUT2D eigenvalue weighted by Gasteiger charge is -2.14. The topological polar surface area (TPSA) is 101 Å². The van der Waals surface area contributed by atoms with Gasteiger partial charge in [-0.1, -0.05) is 22.9 Å². The molecule has 1 aromatic carbocycles. The third kappa shape index (κ3) is 3.96. The number of nitrogens with one attached hydrogen (secondary N) is 2. The van der Waals surface area contributed by atoms with Gasteiger partial charge >= 0.3 is 0 Å². The van der Waals surface area contributed by atoms with E-state index in [1.165, 1.54) is 20.8 Å². The van der Waals surface area contributed by atoms with E-state index in [0.717, 1.165) is 5.56 Å². The molecule has 0 fully saturated rings. The molecule has 0 saturated heterocycles. The van der Waals surface area contributed by atoms with Gasteiger partial charge in [-0.3, -0.25) is 4.79 Å². The van der Waals surface area contributed by atoms with Crippen LogP contribution in [0.4, 0.5) is 5.69 Å². The Bertz CT molecular complexity index is 790. The standard InChI is InChI=1S/C15H19N3O4S/c1-9-5-7-13(8-6-9)16-15(19)11(3)18-23(20,21)14-10(2)17-22-12(14)4/h5-8,11,18H,1-4H3,(H,16,19). The first-order valence-electron chi connectivity index (χ1n) is 7.03. The molecule has 2 rings (SSSR count). The molecule has 2 N–H and O–H groups in total. The first-order chi connectivity index (χ1) is 10.7. The molecule has 0 aliphatic carbocycles. The summed E-state index contributed by atoms with van der Waals surface area (Å²) < 4.78 is 31.9. The summed E-state index contributed by atoms with van der Waals surface area (Å²) in [5.41, 5.74) is 1.92. The molecule has 0 aliphatic heterocycles. The van der Waals surface area contributed by atoms with E-state index in [0.29, 0.717) is 5.69 Å². The molecule has 0 saturated carbocycles. The van der Waals surface area contributed by atoms with Crippen LogP contribution in [0.15, 0.2) is 33.7 Å². The Morgan fingerprint density at radius 2 is 1.78 bits per heavy atom. The number of hydrogen-bond acceptors (Lipinski definition) is 5. The van der Waals surface area contributed by atoms with Crippen molar-refractivity contribution in [3.05, 3.63) is 41.3 Å². The molecule has 2 aromatic rings. The van der Waals surface area contributed by atoms with Crippen LogP contribution in [0.2, 0.25) is 0 Å². The number of sulfonamides is 1. The fraction of sp³-hybridized carbons (Fsp3) is 0.333. The fourth-order valence-corrected chi connectivity index (χ4v) is 3.62. The smallest absolute Gasteiger partial charge is 0.246 e. The normalized spacial score (nSPS) is 12.9. The molecule has 124 valence electrons. The van der Waals surface area contributed by atoms with Crippen LogP contribution < -0.4 is 10.0 Å². The van der Waals surface area contributed by atoms with Crippen molar-refractivity contribution in [3.8, 4) is 0 Å². The number of hydrogen-bond donors (Lipinski definition) is 2. The lowest BCUT2D eigenvalue weighted by molar-refractivity contribution is -0.117. The summed E-state index contributed by atoms with van der Waals surface area (Å²) in [5, 5.41) is 6.28. The number of aryl methyl sites for hydroxylation is 3. The molecule has 7 nitrogen and oxygen atoms in total. The predicted molar refractivity (Wildman–Crippen MR) is 85.6 cm³/mol. The Labute approximate surface area is 135 Å². The molecule has 0 bridgehead atoms. The molecule has 23 heavy (non-hydrogen) atoms. The van der Waals surface area contributed by atoms with Crippen LogP contribution in [0.25, 0.3) is 0 Å². The monoisotopic (exact) mass is 337 g/mol. The highest BCUT2D eigenvalue weighted by molar-refractivity contribution is 7.89. The second kappa shape index (κ2) is 6.51. The van der Waals surface area contributed by atoms with Gasteiger partial charge in [0.2, 0.25) is 15.9 Å². The molecule has 1 atom stereocenters. The van der Waals surface area contributed by atoms with Crippen molar-refractivity contribution >= 4 is 21.6 Å². The van der Waals surface area contributed by atoms with E-state index in [1.807, 2.05) is 19.1 Å². The number of aromatic nitrogens is 1. The van der Waals surface area contributed by atoms with Crippen LogP contribution >= 0.6 is 0 Å². The second-order valence-electron chi connectivity index (χ2n) is 5.35. The summed E-state index contributed by atoms with van der Waals surface area (Å²) in [5.74, 6) is -0.273. The highest BCUT2D eigenvalue weighted by Crippen LogP contribution is 2.19. The van der Waals surface area contributed by atoms with Gasteiger partial charge in [0.1, 0.15) is 10.6 Å². The van der Waals surface area contributed by atoms with E-state index < -0.39 is 22.0 Å². The Hall–Kier alpha value is -2.19. The Kier molecular flexibility index (Phi) is 4.86. The first-order valence-corrected chi connectivity index (χ1v) is 8.52. The summed E-state index contributed by atoms with van der Waals surface area (Å²) in [6.07, 6.45) is 0. The van der Waals surface area contributed by atoms with Crippen molar-refractivity contribution in [2.75, 3.05) is 5.32 Å². The average Bonchev–Trinajstić information content (AvgIpc) is 2.80. The zero-order chi connectivity index (χ0) is 17.2. The van der Waals surface area contributed by atoms with Gasteiger partial charge in [-0.15, -0.1) is 0 Å². The number of carbonyl (C=O) groups excluding carboxylic acids is 1. The van der Waals surface area contributed by atoms with Crippen LogP contribution in [0, 0.1) is 20.8 Å². The van der Waals surface area contributed by atoms with Crippen molar-refractivity contribution < 1.29 is 17.7 Å². The molecule has 0 spiro atoms. The van der Waals surface area contributed by atoms with Crippen LogP contribution in [0.1, 0.15) is 23.9 Å². The highest BCUT2D eigenvalue weighted by atomic mass is 32.2. The maximum Gasteiger partial charge on any atom is 0.246 e. The van der Waals surface area contributed by atoms with E-state index in [1.54, 1.807) is 12.1 Å². The maximum absolute atomic E-state index is 12.4. The minimum absolute atomic E-state index is 0.0347. The number of benzene rings is 1. The van der Waals surface area contributed by atoms with E-state index in [9.17, 15) is 13.2 Å². The lowest BCUT2D eigenvalue weighted by atomic mass is 10.2. The van der Waals surface area contributed by atoms with E-state index in [-0.39, 0.29) is 16.3 Å². The zero-order valence-corrected chi connectivity index (χ0v) is 14.2. The van der Waals surface area contributed by atoms with Gasteiger partial charge < -0.3 is 9.84 Å². The predicted octanol–water partition coefficient (Wildman–Crippen LogP) is 1.91. The number of anilines is 1. The Morgan fingerprint density at radius 3 is 2.30 bits per heavy atom. The van der Waals surface area contributed by atoms with Crippen LogP contribution in [0.3, 0.4) is 0 Å². The van der Waals surface area contributed by atoms with Crippen molar-refractivity contribution in [2.45, 2.75) is 38.6 Å². The summed E-state index contributed by atoms with van der Waals surface area (Å²) in [4.78, 5) is 12.1. The minimum Gasteiger partial charge on any atom is -0.360 e. The summed E-state index contributed by atoms with van der Waals surface area (Å²) in [7, 11) is -3.89. The summed E-state index contributed by atoms with van der Waals surface area (Å²) >= 11 is 0. The lowest BCUT2D eigenvalue weighted by Crippen LogP contribution is -2.41. The molecule has 8 heteroatoms. The van der Waals surface area contributed by atoms with Crippen LogP contribution in [0.5, 0.6) is 0 Å². The van der Waals surface area contributed by atoms with Crippen LogP contribution in [-0.4, -0.2) is 25.5 Å². The van der Waals surface area contributed by atoms with Gasteiger partial charge in [0.15, 0.2) is 5.76 Å². The zero-order valence-electron chi connectivity index (χ0n) is 13.4. The van der Waals surface area contributed by atoms with Crippen molar-refractivity contribution in [1.29, 1.82) is 0 Å². The van der Waals surface area contributed by atoms with Crippen LogP contribution in [-0.2, 0) is 14.8 Å². The molecule has 1 aromatic heterocycles. The largest absolute Gasteiger partial charge is 0.360 e. The van der Waals surface area contributed by atoms with Gasteiger partial charge in [0.05, 0.1) is 6.04 Å². The van der Waals surface area contributed by atoms with Crippen molar-refractivity contribution in [2.24, 2.45) is 0 Å². The highest BCUT2D eigenvalue weighted by Gasteiger charge is 2.28. The third-order valence-electron chi connectivity index (χ3n) is 3.28. The Balaban J connectivity index is 2.10. The molecule has 0 radical (unpaired) electrons. The van der Waals surface area contributed by atoms with E-state index in [4.69, 9.17) is 4.52 Å². The van der Waals surface area contributed by atoms with Crippen molar-refractivity contribution in [1.82, 2.24) is 9.88 Å². The average molecular weight is 337 g/mol. The number of rotatable bonds is 5. The molecular weight excluding hydrogens is 318 g/mol. The minimum atomic E-state index is -3.89. The molecule has 1 heterocycles. The van der Waals surface area contributed by atoms with Gasteiger partial charge in [-0.25, -0.2) is 8.42 Å². The molecule has 0 aliphatic rings. The Morgan fingerprint density at radius 1 is 1.17 bits per heavy atom. The molecule has 1 amide bonds. The third-order valence-corrected chi connectivity index (χ3v) is 5.07. The maximum atomic E-state index is 12.4. The molecule has 1 unspecified atom stereocenters. The SMILES string of the molecule is Cc1ccc(NC(=O)C(C)NS(=O)(=O)c2c(C)noc2C)cc1. The number of carbonyl (C=O) groups is 1. The van der Waals surface area contributed by atoms with E-state index in [2.05, 4.69) is 15.2 Å². The molecular formula is C15H19N3O4S. The van der Waals surface area contributed by atoms with Gasteiger partial charge in [0, 0.05) is 5.69 Å². The number of amides is 1. The fourth-order valence-electron chi connectivity index (χ4n) is 2.09. The van der Waals surface area contributed by atoms with Gasteiger partial charge in [-0.2, -0.15) is 4.72 Å². The second-order valence-corrected chi connectivity index (χ2v) is 7.00. The summed E-state index contributed by atoms with van der Waals surface area (Å²) in [6, 6.07) is 6.27. The van der Waals surface area contributed by atoms with Gasteiger partial charge in [0.25, 0.3) is 0 Å². The van der Waals surface area contributed by atoms with Gasteiger partial charge in [-0.05, 0) is 39.8 Å². The summed E-state index contributed by atoms with van der Waals surface area (Å²) in [6.45, 7) is 6.44. The number of nitrogens with zero attached hydrogens (tertiary/aromatic N) is 1. The first kappa shape index (κ1) is 17.2. The van der Waals surface area contributed by atoms with E-state index >= 15 is 0 Å².